The standard InChI is InChI=1S/C21H28BF2NO4/c1-13(26)25-10-8-14(9-11-25)18(16-12-15(23)6-7-17(16)27)19(24)22-28-20(2,3)21(4,5)29-22/h6-7,12,14,27H,8-11H2,1-5H3. The predicted molar refractivity (Wildman–Crippen MR) is 107 cm³/mol. The summed E-state index contributed by atoms with van der Waals surface area (Å²) >= 11 is 0. The number of phenols is 1. The molecule has 1 aromatic rings. The van der Waals surface area contributed by atoms with E-state index in [0.29, 0.717) is 25.9 Å². The van der Waals surface area contributed by atoms with Crippen LogP contribution in [0.4, 0.5) is 8.78 Å². The number of carbonyl (C=O) groups is 1. The smallest absolute Gasteiger partial charge is 0.507 e. The van der Waals surface area contributed by atoms with Crippen LogP contribution in [0, 0.1) is 11.7 Å². The second kappa shape index (κ2) is 7.72. The number of benzene rings is 1. The van der Waals surface area contributed by atoms with Gasteiger partial charge in [0.25, 0.3) is 0 Å². The fraction of sp³-hybridized carbons (Fsp3) is 0.571. The third-order valence-electron chi connectivity index (χ3n) is 6.31. The average Bonchev–Trinajstić information content (AvgIpc) is 2.86. The number of likely N-dealkylation sites (tertiary alicyclic amines) is 1. The van der Waals surface area contributed by atoms with E-state index >= 15 is 4.39 Å². The normalized spacial score (nSPS) is 22.6. The Balaban J connectivity index is 2.03. The maximum atomic E-state index is 15.8. The number of aromatic hydroxyl groups is 1. The van der Waals surface area contributed by atoms with Crippen molar-refractivity contribution < 1.29 is 28.0 Å². The number of nitrogens with zero attached hydrogens (tertiary/aromatic N) is 1. The van der Waals surface area contributed by atoms with Crippen molar-refractivity contribution in [1.29, 1.82) is 0 Å². The molecule has 5 nitrogen and oxygen atoms in total. The minimum Gasteiger partial charge on any atom is -0.507 e. The van der Waals surface area contributed by atoms with Gasteiger partial charge in [-0.1, -0.05) is 0 Å². The number of halogens is 2. The van der Waals surface area contributed by atoms with Gasteiger partial charge in [-0.2, -0.15) is 0 Å². The van der Waals surface area contributed by atoms with E-state index < -0.39 is 29.9 Å². The molecule has 0 aromatic heterocycles. The highest BCUT2D eigenvalue weighted by molar-refractivity contribution is 6.55. The summed E-state index contributed by atoms with van der Waals surface area (Å²) in [6.45, 7) is 9.73. The van der Waals surface area contributed by atoms with Crippen LogP contribution in [0.15, 0.2) is 23.9 Å². The van der Waals surface area contributed by atoms with Crippen LogP contribution in [0.5, 0.6) is 5.75 Å². The van der Waals surface area contributed by atoms with Crippen LogP contribution in [0.25, 0.3) is 5.57 Å². The summed E-state index contributed by atoms with van der Waals surface area (Å²) in [6.07, 6.45) is 0.996. The lowest BCUT2D eigenvalue weighted by molar-refractivity contribution is -0.129. The van der Waals surface area contributed by atoms with Crippen molar-refractivity contribution in [3.63, 3.8) is 0 Å². The minimum atomic E-state index is -1.25. The zero-order valence-corrected chi connectivity index (χ0v) is 17.6. The molecular weight excluding hydrogens is 379 g/mol. The molecule has 2 aliphatic heterocycles. The first kappa shape index (κ1) is 21.8. The topological polar surface area (TPSA) is 59.0 Å². The van der Waals surface area contributed by atoms with Crippen LogP contribution in [0.1, 0.15) is 53.0 Å². The Labute approximate surface area is 170 Å². The lowest BCUT2D eigenvalue weighted by Crippen LogP contribution is -2.41. The van der Waals surface area contributed by atoms with Gasteiger partial charge in [0.2, 0.25) is 5.91 Å². The van der Waals surface area contributed by atoms with Crippen molar-refractivity contribution in [3.8, 4) is 5.75 Å². The molecule has 1 N–H and O–H groups in total. The van der Waals surface area contributed by atoms with Gasteiger partial charge in [0, 0.05) is 25.6 Å². The molecule has 0 aliphatic carbocycles. The molecule has 0 bridgehead atoms. The first-order valence-electron chi connectivity index (χ1n) is 9.92. The Kier molecular flexibility index (Phi) is 5.80. The van der Waals surface area contributed by atoms with Crippen molar-refractivity contribution in [2.24, 2.45) is 5.92 Å². The summed E-state index contributed by atoms with van der Waals surface area (Å²) in [5.74, 6) is -1.12. The number of carbonyl (C=O) groups excluding carboxylic acids is 1. The van der Waals surface area contributed by atoms with Crippen molar-refractivity contribution in [2.75, 3.05) is 13.1 Å². The third-order valence-corrected chi connectivity index (χ3v) is 6.31. The van der Waals surface area contributed by atoms with E-state index in [-0.39, 0.29) is 28.7 Å². The quantitative estimate of drug-likeness (QED) is 0.767. The van der Waals surface area contributed by atoms with Crippen molar-refractivity contribution in [2.45, 2.75) is 58.7 Å². The Bertz CT molecular complexity index is 816. The van der Waals surface area contributed by atoms with E-state index in [2.05, 4.69) is 0 Å². The molecule has 2 saturated heterocycles. The van der Waals surface area contributed by atoms with Gasteiger partial charge < -0.3 is 19.3 Å². The number of piperidine rings is 1. The van der Waals surface area contributed by atoms with E-state index in [0.717, 1.165) is 12.1 Å². The second-order valence-corrected chi connectivity index (χ2v) is 8.79. The highest BCUT2D eigenvalue weighted by atomic mass is 19.1. The van der Waals surface area contributed by atoms with Gasteiger partial charge in [-0.25, -0.2) is 8.78 Å². The molecule has 3 rings (SSSR count). The summed E-state index contributed by atoms with van der Waals surface area (Å²) in [6, 6.07) is 3.47. The number of rotatable bonds is 3. The van der Waals surface area contributed by atoms with E-state index in [9.17, 15) is 14.3 Å². The van der Waals surface area contributed by atoms with Gasteiger partial charge >= 0.3 is 7.12 Å². The molecule has 0 spiro atoms. The van der Waals surface area contributed by atoms with Crippen LogP contribution in [0.3, 0.4) is 0 Å². The minimum absolute atomic E-state index is 0.0333. The average molecular weight is 407 g/mol. The number of phenolic OH excluding ortho intramolecular Hbond substituents is 1. The van der Waals surface area contributed by atoms with Gasteiger partial charge in [0.1, 0.15) is 17.3 Å². The zero-order valence-electron chi connectivity index (χ0n) is 17.6. The molecule has 2 heterocycles. The monoisotopic (exact) mass is 407 g/mol. The van der Waals surface area contributed by atoms with E-state index in [1.165, 1.54) is 13.0 Å². The van der Waals surface area contributed by atoms with E-state index in [4.69, 9.17) is 9.31 Å². The molecular formula is C21H28BF2NO4. The Morgan fingerprint density at radius 3 is 2.24 bits per heavy atom. The van der Waals surface area contributed by atoms with Crippen LogP contribution in [0.2, 0.25) is 0 Å². The maximum Gasteiger partial charge on any atom is 0.525 e. The second-order valence-electron chi connectivity index (χ2n) is 8.79. The van der Waals surface area contributed by atoms with Crippen LogP contribution < -0.4 is 0 Å². The number of hydrogen-bond donors (Lipinski definition) is 1. The first-order valence-corrected chi connectivity index (χ1v) is 9.92. The van der Waals surface area contributed by atoms with E-state index in [1.807, 2.05) is 27.7 Å². The largest absolute Gasteiger partial charge is 0.525 e. The molecule has 2 fully saturated rings. The molecule has 8 heteroatoms. The van der Waals surface area contributed by atoms with Gasteiger partial charge in [0.05, 0.1) is 11.2 Å². The summed E-state index contributed by atoms with van der Waals surface area (Å²) in [7, 11) is -1.25. The zero-order chi connectivity index (χ0) is 21.6. The summed E-state index contributed by atoms with van der Waals surface area (Å²) in [5.41, 5.74) is -1.85. The van der Waals surface area contributed by atoms with Crippen LogP contribution >= 0.6 is 0 Å². The summed E-state index contributed by atoms with van der Waals surface area (Å²) in [5, 5.41) is 10.4. The highest BCUT2D eigenvalue weighted by Gasteiger charge is 2.54. The van der Waals surface area contributed by atoms with Crippen LogP contribution in [-0.2, 0) is 14.1 Å². The summed E-state index contributed by atoms with van der Waals surface area (Å²) < 4.78 is 41.5. The van der Waals surface area contributed by atoms with E-state index in [1.54, 1.807) is 4.90 Å². The molecule has 1 aromatic carbocycles. The fourth-order valence-corrected chi connectivity index (χ4v) is 3.82. The molecule has 2 aliphatic rings. The van der Waals surface area contributed by atoms with Crippen molar-refractivity contribution >= 4 is 18.6 Å². The molecule has 0 atom stereocenters. The highest BCUT2D eigenvalue weighted by Crippen LogP contribution is 2.44. The summed E-state index contributed by atoms with van der Waals surface area (Å²) in [4.78, 5) is 13.3. The third kappa shape index (κ3) is 4.19. The molecule has 0 unspecified atom stereocenters. The van der Waals surface area contributed by atoms with Gasteiger partial charge in [-0.05, 0) is 70.2 Å². The molecule has 158 valence electrons. The Morgan fingerprint density at radius 2 is 1.72 bits per heavy atom. The number of allylic oxidation sites excluding steroid dienone is 1. The SMILES string of the molecule is CC(=O)N1CCC(C(=C(F)B2OC(C)(C)C(C)(C)O2)c2cc(F)ccc2O)CC1. The van der Waals surface area contributed by atoms with Crippen molar-refractivity contribution in [1.82, 2.24) is 4.90 Å². The molecule has 0 saturated carbocycles. The molecule has 1 amide bonds. The van der Waals surface area contributed by atoms with Gasteiger partial charge in [0.15, 0.2) is 0 Å². The Morgan fingerprint density at radius 1 is 1.17 bits per heavy atom. The van der Waals surface area contributed by atoms with Crippen molar-refractivity contribution in [3.05, 3.63) is 35.3 Å². The first-order chi connectivity index (χ1) is 13.4. The van der Waals surface area contributed by atoms with Crippen LogP contribution in [-0.4, -0.2) is 47.3 Å². The predicted octanol–water partition coefficient (Wildman–Crippen LogP) is 4.10. The number of hydrogen-bond acceptors (Lipinski definition) is 4. The lowest BCUT2D eigenvalue weighted by atomic mass is 9.75. The number of amides is 1. The lowest BCUT2D eigenvalue weighted by Gasteiger charge is -2.33. The molecule has 0 radical (unpaired) electrons. The Hall–Kier alpha value is -1.93. The van der Waals surface area contributed by atoms with Gasteiger partial charge in [-0.3, -0.25) is 4.79 Å². The fourth-order valence-electron chi connectivity index (χ4n) is 3.82. The van der Waals surface area contributed by atoms with Gasteiger partial charge in [-0.15, -0.1) is 0 Å². The molecule has 29 heavy (non-hydrogen) atoms. The maximum absolute atomic E-state index is 15.8.